The molecule has 0 saturated heterocycles. The van der Waals surface area contributed by atoms with Crippen molar-refractivity contribution in [2.45, 2.75) is 25.8 Å². The van der Waals surface area contributed by atoms with Gasteiger partial charge in [-0.05, 0) is 36.4 Å². The van der Waals surface area contributed by atoms with Gasteiger partial charge in [0.05, 0.1) is 0 Å². The zero-order valence-corrected chi connectivity index (χ0v) is 12.7. The number of nitrogens with one attached hydrogen (secondary N) is 1. The predicted octanol–water partition coefficient (Wildman–Crippen LogP) is 3.58. The lowest BCUT2D eigenvalue weighted by Crippen LogP contribution is -2.28. The standard InChI is InChI=1S/C19H25NO/c1-16(12-13-21)15-20-19(18-10-6-3-7-11-18)14-17-8-4-2-5-9-17/h2-11,16,19-21H,12-15H2,1H3. The number of aliphatic hydroxyl groups is 1. The van der Waals surface area contributed by atoms with Crippen LogP contribution in [0, 0.1) is 5.92 Å². The first kappa shape index (κ1) is 15.7. The first-order valence-corrected chi connectivity index (χ1v) is 7.72. The van der Waals surface area contributed by atoms with E-state index in [1.165, 1.54) is 11.1 Å². The van der Waals surface area contributed by atoms with Crippen molar-refractivity contribution in [3.63, 3.8) is 0 Å². The average Bonchev–Trinajstić information content (AvgIpc) is 2.53. The second-order valence-electron chi connectivity index (χ2n) is 5.68. The first-order valence-electron chi connectivity index (χ1n) is 7.72. The maximum atomic E-state index is 9.03. The van der Waals surface area contributed by atoms with Crippen LogP contribution in [0.4, 0.5) is 0 Å². The van der Waals surface area contributed by atoms with Gasteiger partial charge in [0.15, 0.2) is 0 Å². The van der Waals surface area contributed by atoms with Gasteiger partial charge in [0.1, 0.15) is 0 Å². The lowest BCUT2D eigenvalue weighted by atomic mass is 9.98. The van der Waals surface area contributed by atoms with Gasteiger partial charge in [0, 0.05) is 12.6 Å². The molecule has 21 heavy (non-hydrogen) atoms. The van der Waals surface area contributed by atoms with E-state index in [0.717, 1.165) is 19.4 Å². The molecular weight excluding hydrogens is 258 g/mol. The Hall–Kier alpha value is -1.64. The Balaban J connectivity index is 2.04. The van der Waals surface area contributed by atoms with Crippen LogP contribution >= 0.6 is 0 Å². The molecule has 2 rings (SSSR count). The Morgan fingerprint density at radius 3 is 2.19 bits per heavy atom. The molecule has 0 fully saturated rings. The summed E-state index contributed by atoms with van der Waals surface area (Å²) >= 11 is 0. The normalized spacial score (nSPS) is 13.8. The number of benzene rings is 2. The number of hydrogen-bond donors (Lipinski definition) is 2. The van der Waals surface area contributed by atoms with E-state index in [-0.39, 0.29) is 6.61 Å². The summed E-state index contributed by atoms with van der Waals surface area (Å²) in [5, 5.41) is 12.7. The van der Waals surface area contributed by atoms with Crippen LogP contribution in [0.2, 0.25) is 0 Å². The molecule has 2 nitrogen and oxygen atoms in total. The molecular formula is C19H25NO. The number of rotatable bonds is 8. The summed E-state index contributed by atoms with van der Waals surface area (Å²) < 4.78 is 0. The van der Waals surface area contributed by atoms with Gasteiger partial charge in [0.25, 0.3) is 0 Å². The minimum Gasteiger partial charge on any atom is -0.396 e. The van der Waals surface area contributed by atoms with E-state index in [9.17, 15) is 0 Å². The monoisotopic (exact) mass is 283 g/mol. The fourth-order valence-corrected chi connectivity index (χ4v) is 2.51. The summed E-state index contributed by atoms with van der Waals surface area (Å²) in [6.07, 6.45) is 1.83. The van der Waals surface area contributed by atoms with Crippen molar-refractivity contribution in [3.05, 3.63) is 71.8 Å². The summed E-state index contributed by atoms with van der Waals surface area (Å²) in [6, 6.07) is 21.5. The third kappa shape index (κ3) is 5.33. The third-order valence-corrected chi connectivity index (χ3v) is 3.82. The third-order valence-electron chi connectivity index (χ3n) is 3.82. The van der Waals surface area contributed by atoms with Crippen LogP contribution in [0.15, 0.2) is 60.7 Å². The lowest BCUT2D eigenvalue weighted by Gasteiger charge is -2.22. The zero-order valence-electron chi connectivity index (χ0n) is 12.7. The Morgan fingerprint density at radius 1 is 0.952 bits per heavy atom. The molecule has 0 saturated carbocycles. The smallest absolute Gasteiger partial charge is 0.0434 e. The number of aliphatic hydroxyl groups excluding tert-OH is 1. The van der Waals surface area contributed by atoms with E-state index in [0.29, 0.717) is 12.0 Å². The van der Waals surface area contributed by atoms with Gasteiger partial charge in [0.2, 0.25) is 0 Å². The Labute approximate surface area is 127 Å². The van der Waals surface area contributed by atoms with Crippen LogP contribution in [-0.4, -0.2) is 18.3 Å². The van der Waals surface area contributed by atoms with E-state index in [1.807, 2.05) is 0 Å². The van der Waals surface area contributed by atoms with Crippen molar-refractivity contribution in [1.82, 2.24) is 5.32 Å². The highest BCUT2D eigenvalue weighted by molar-refractivity contribution is 5.23. The van der Waals surface area contributed by atoms with Crippen LogP contribution in [0.5, 0.6) is 0 Å². The Morgan fingerprint density at radius 2 is 1.57 bits per heavy atom. The van der Waals surface area contributed by atoms with E-state index in [2.05, 4.69) is 72.9 Å². The highest BCUT2D eigenvalue weighted by Gasteiger charge is 2.13. The van der Waals surface area contributed by atoms with Crippen molar-refractivity contribution in [1.29, 1.82) is 0 Å². The summed E-state index contributed by atoms with van der Waals surface area (Å²) in [6.45, 7) is 3.36. The Kier molecular flexibility index (Phi) is 6.45. The maximum Gasteiger partial charge on any atom is 0.0434 e. The van der Waals surface area contributed by atoms with Gasteiger partial charge in [-0.15, -0.1) is 0 Å². The van der Waals surface area contributed by atoms with Crippen LogP contribution in [0.3, 0.4) is 0 Å². The van der Waals surface area contributed by atoms with E-state index >= 15 is 0 Å². The molecule has 2 unspecified atom stereocenters. The summed E-state index contributed by atoms with van der Waals surface area (Å²) in [7, 11) is 0. The molecule has 0 aromatic heterocycles. The molecule has 0 heterocycles. The molecule has 112 valence electrons. The zero-order chi connectivity index (χ0) is 14.9. The molecule has 2 atom stereocenters. The predicted molar refractivity (Wildman–Crippen MR) is 88.2 cm³/mol. The second kappa shape index (κ2) is 8.60. The largest absolute Gasteiger partial charge is 0.396 e. The minimum absolute atomic E-state index is 0.261. The molecule has 2 aromatic rings. The SMILES string of the molecule is CC(CCO)CNC(Cc1ccccc1)c1ccccc1. The lowest BCUT2D eigenvalue weighted by molar-refractivity contribution is 0.257. The molecule has 0 aliphatic heterocycles. The van der Waals surface area contributed by atoms with Gasteiger partial charge >= 0.3 is 0 Å². The molecule has 0 aliphatic rings. The molecule has 0 radical (unpaired) electrons. The molecule has 0 spiro atoms. The summed E-state index contributed by atoms with van der Waals surface area (Å²) in [5.74, 6) is 0.483. The van der Waals surface area contributed by atoms with Crippen molar-refractivity contribution in [2.75, 3.05) is 13.2 Å². The molecule has 2 aromatic carbocycles. The van der Waals surface area contributed by atoms with Gasteiger partial charge in [-0.1, -0.05) is 67.6 Å². The van der Waals surface area contributed by atoms with Crippen molar-refractivity contribution in [2.24, 2.45) is 5.92 Å². The van der Waals surface area contributed by atoms with Gasteiger partial charge < -0.3 is 10.4 Å². The summed E-state index contributed by atoms with van der Waals surface area (Å²) in [4.78, 5) is 0. The molecule has 0 aliphatic carbocycles. The molecule has 2 heteroatoms. The number of hydrogen-bond acceptors (Lipinski definition) is 2. The summed E-state index contributed by atoms with van der Waals surface area (Å²) in [5.41, 5.74) is 2.66. The van der Waals surface area contributed by atoms with Crippen molar-refractivity contribution < 1.29 is 5.11 Å². The fourth-order valence-electron chi connectivity index (χ4n) is 2.51. The van der Waals surface area contributed by atoms with Crippen LogP contribution in [0.1, 0.15) is 30.5 Å². The minimum atomic E-state index is 0.261. The highest BCUT2D eigenvalue weighted by atomic mass is 16.3. The average molecular weight is 283 g/mol. The van der Waals surface area contributed by atoms with Crippen LogP contribution < -0.4 is 5.32 Å². The molecule has 2 N–H and O–H groups in total. The van der Waals surface area contributed by atoms with E-state index in [1.54, 1.807) is 0 Å². The highest BCUT2D eigenvalue weighted by Crippen LogP contribution is 2.19. The van der Waals surface area contributed by atoms with Crippen LogP contribution in [-0.2, 0) is 6.42 Å². The van der Waals surface area contributed by atoms with Crippen molar-refractivity contribution >= 4 is 0 Å². The van der Waals surface area contributed by atoms with Gasteiger partial charge in [-0.3, -0.25) is 0 Å². The molecule has 0 bridgehead atoms. The Bertz CT molecular complexity index is 497. The van der Waals surface area contributed by atoms with Gasteiger partial charge in [-0.2, -0.15) is 0 Å². The van der Waals surface area contributed by atoms with Gasteiger partial charge in [-0.25, -0.2) is 0 Å². The fraction of sp³-hybridized carbons (Fsp3) is 0.368. The maximum absolute atomic E-state index is 9.03. The van der Waals surface area contributed by atoms with Crippen LogP contribution in [0.25, 0.3) is 0 Å². The molecule has 0 amide bonds. The van der Waals surface area contributed by atoms with Crippen molar-refractivity contribution in [3.8, 4) is 0 Å². The second-order valence-corrected chi connectivity index (χ2v) is 5.68. The van der Waals surface area contributed by atoms with E-state index in [4.69, 9.17) is 5.11 Å². The first-order chi connectivity index (χ1) is 10.3. The quantitative estimate of drug-likeness (QED) is 0.776. The topological polar surface area (TPSA) is 32.3 Å². The van der Waals surface area contributed by atoms with E-state index < -0.39 is 0 Å².